The summed E-state index contributed by atoms with van der Waals surface area (Å²) in [6, 6.07) is 0. The van der Waals surface area contributed by atoms with Crippen LogP contribution in [0.2, 0.25) is 0 Å². The molecule has 3 heteroatoms. The molecule has 0 radical (unpaired) electrons. The van der Waals surface area contributed by atoms with Gasteiger partial charge in [0.15, 0.2) is 5.66 Å². The Kier molecular flexibility index (Phi) is 5.03. The Labute approximate surface area is 61.7 Å². The van der Waals surface area contributed by atoms with Gasteiger partial charge in [-0.1, -0.05) is 16.7 Å². The smallest absolute Gasteiger partial charge is 0.0915 e. The van der Waals surface area contributed by atoms with E-state index in [4.69, 9.17) is 11.2 Å². The Hall–Kier alpha value is 0.130. The average Bonchev–Trinajstić information content (AvgIpc) is 1.82. The minimum Gasteiger partial charge on any atom is -0.0915 e. The van der Waals surface area contributed by atoms with Crippen LogP contribution in [0.15, 0.2) is 12.2 Å². The van der Waals surface area contributed by atoms with Gasteiger partial charge in [0.05, 0.1) is 0 Å². The van der Waals surface area contributed by atoms with Crippen LogP contribution in [-0.2, 0) is 4.57 Å². The first-order valence-electron chi connectivity index (χ1n) is 2.91. The zero-order chi connectivity index (χ0) is 7.28. The SMILES string of the molecule is CC=CCC(C)[P+](=O)Cl. The molecule has 0 N–H and O–H groups in total. The van der Waals surface area contributed by atoms with Gasteiger partial charge in [-0.3, -0.25) is 0 Å². The van der Waals surface area contributed by atoms with Gasteiger partial charge in [-0.25, -0.2) is 0 Å². The van der Waals surface area contributed by atoms with Crippen LogP contribution in [0.5, 0.6) is 0 Å². The zero-order valence-electron chi connectivity index (χ0n) is 5.67. The van der Waals surface area contributed by atoms with Gasteiger partial charge in [0.1, 0.15) is 0 Å². The predicted octanol–water partition coefficient (Wildman–Crippen LogP) is 3.32. The van der Waals surface area contributed by atoms with Gasteiger partial charge in [0.25, 0.3) is 0 Å². The Balaban J connectivity index is 3.50. The third-order valence-electron chi connectivity index (χ3n) is 1.06. The van der Waals surface area contributed by atoms with Gasteiger partial charge >= 0.3 is 7.15 Å². The van der Waals surface area contributed by atoms with Crippen molar-refractivity contribution in [2.24, 2.45) is 0 Å². The summed E-state index contributed by atoms with van der Waals surface area (Å²) in [7, 11) is -1.50. The summed E-state index contributed by atoms with van der Waals surface area (Å²) >= 11 is 5.34. The van der Waals surface area contributed by atoms with Crippen molar-refractivity contribution in [2.75, 3.05) is 0 Å². The molecule has 0 aliphatic carbocycles. The van der Waals surface area contributed by atoms with E-state index < -0.39 is 7.15 Å². The number of allylic oxidation sites excluding steroid dienone is 2. The van der Waals surface area contributed by atoms with Crippen LogP contribution in [0.1, 0.15) is 20.3 Å². The third kappa shape index (κ3) is 4.62. The molecule has 0 aromatic heterocycles. The maximum Gasteiger partial charge on any atom is 0.458 e. The Morgan fingerprint density at radius 3 is 2.67 bits per heavy atom. The molecule has 2 atom stereocenters. The minimum absolute atomic E-state index is 0.109. The Morgan fingerprint density at radius 2 is 2.33 bits per heavy atom. The summed E-state index contributed by atoms with van der Waals surface area (Å²) in [5.41, 5.74) is 0.109. The lowest BCUT2D eigenvalue weighted by molar-refractivity contribution is 0.589. The van der Waals surface area contributed by atoms with Crippen molar-refractivity contribution in [1.29, 1.82) is 0 Å². The fourth-order valence-corrected chi connectivity index (χ4v) is 0.942. The van der Waals surface area contributed by atoms with E-state index in [2.05, 4.69) is 0 Å². The lowest BCUT2D eigenvalue weighted by Gasteiger charge is -1.87. The highest BCUT2D eigenvalue weighted by molar-refractivity contribution is 7.74. The van der Waals surface area contributed by atoms with Crippen LogP contribution in [-0.4, -0.2) is 5.66 Å². The summed E-state index contributed by atoms with van der Waals surface area (Å²) in [5.74, 6) is 0. The van der Waals surface area contributed by atoms with E-state index in [0.29, 0.717) is 0 Å². The fourth-order valence-electron chi connectivity index (χ4n) is 0.416. The van der Waals surface area contributed by atoms with Crippen LogP contribution in [0.3, 0.4) is 0 Å². The molecule has 52 valence electrons. The zero-order valence-corrected chi connectivity index (χ0v) is 7.32. The second-order valence-electron chi connectivity index (χ2n) is 1.93. The van der Waals surface area contributed by atoms with E-state index in [1.165, 1.54) is 0 Å². The fraction of sp³-hybridized carbons (Fsp3) is 0.667. The van der Waals surface area contributed by atoms with Gasteiger partial charge in [-0.2, -0.15) is 0 Å². The van der Waals surface area contributed by atoms with E-state index in [-0.39, 0.29) is 5.66 Å². The highest BCUT2D eigenvalue weighted by Crippen LogP contribution is 2.34. The molecule has 0 spiro atoms. The average molecular weight is 166 g/mol. The molecule has 0 rings (SSSR count). The normalized spacial score (nSPS) is 16.1. The van der Waals surface area contributed by atoms with Gasteiger partial charge in [-0.05, 0) is 13.8 Å². The quantitative estimate of drug-likeness (QED) is 0.463. The van der Waals surface area contributed by atoms with Crippen LogP contribution in [0.25, 0.3) is 0 Å². The largest absolute Gasteiger partial charge is 0.458 e. The van der Waals surface area contributed by atoms with E-state index in [9.17, 15) is 4.57 Å². The number of hydrogen-bond acceptors (Lipinski definition) is 1. The monoisotopic (exact) mass is 165 g/mol. The molecule has 0 amide bonds. The first-order valence-corrected chi connectivity index (χ1v) is 5.15. The van der Waals surface area contributed by atoms with E-state index in [1.807, 2.05) is 26.0 Å². The second kappa shape index (κ2) is 4.96. The highest BCUT2D eigenvalue weighted by atomic mass is 35.7. The minimum atomic E-state index is -1.50. The van der Waals surface area contributed by atoms with Crippen molar-refractivity contribution in [3.05, 3.63) is 12.2 Å². The van der Waals surface area contributed by atoms with Crippen LogP contribution < -0.4 is 0 Å². The molecule has 0 aromatic carbocycles. The summed E-state index contributed by atoms with van der Waals surface area (Å²) in [6.45, 7) is 3.82. The van der Waals surface area contributed by atoms with Crippen molar-refractivity contribution in [1.82, 2.24) is 0 Å². The maximum atomic E-state index is 10.5. The maximum absolute atomic E-state index is 10.5. The van der Waals surface area contributed by atoms with Crippen molar-refractivity contribution < 1.29 is 4.57 Å². The molecule has 0 saturated carbocycles. The van der Waals surface area contributed by atoms with Gasteiger partial charge in [0.2, 0.25) is 11.2 Å². The third-order valence-corrected chi connectivity index (χ3v) is 2.96. The van der Waals surface area contributed by atoms with Crippen molar-refractivity contribution in [3.8, 4) is 0 Å². The topological polar surface area (TPSA) is 17.1 Å². The molecule has 0 heterocycles. The molecule has 0 fully saturated rings. The molecule has 0 aliphatic rings. The van der Waals surface area contributed by atoms with Crippen LogP contribution in [0.4, 0.5) is 0 Å². The molecule has 0 saturated heterocycles. The number of halogens is 1. The lowest BCUT2D eigenvalue weighted by Crippen LogP contribution is -1.88. The van der Waals surface area contributed by atoms with Gasteiger partial charge in [0, 0.05) is 6.42 Å². The molecular weight excluding hydrogens is 154 g/mol. The number of rotatable bonds is 3. The Bertz CT molecular complexity index is 122. The van der Waals surface area contributed by atoms with E-state index in [0.717, 1.165) is 6.42 Å². The number of hydrogen-bond donors (Lipinski definition) is 0. The summed E-state index contributed by atoms with van der Waals surface area (Å²) < 4.78 is 10.5. The molecular formula is C6H11ClOP+. The van der Waals surface area contributed by atoms with Crippen LogP contribution in [0, 0.1) is 0 Å². The summed E-state index contributed by atoms with van der Waals surface area (Å²) in [5, 5.41) is 0. The first kappa shape index (κ1) is 9.13. The summed E-state index contributed by atoms with van der Waals surface area (Å²) in [6.07, 6.45) is 4.72. The Morgan fingerprint density at radius 1 is 1.78 bits per heavy atom. The van der Waals surface area contributed by atoms with Crippen molar-refractivity contribution >= 4 is 18.4 Å². The van der Waals surface area contributed by atoms with Crippen molar-refractivity contribution in [3.63, 3.8) is 0 Å². The molecule has 1 nitrogen and oxygen atoms in total. The summed E-state index contributed by atoms with van der Waals surface area (Å²) in [4.78, 5) is 0. The highest BCUT2D eigenvalue weighted by Gasteiger charge is 2.20. The molecule has 0 aliphatic heterocycles. The predicted molar refractivity (Wildman–Crippen MR) is 42.4 cm³/mol. The lowest BCUT2D eigenvalue weighted by atomic mass is 10.3. The molecule has 2 unspecified atom stereocenters. The molecule has 0 aromatic rings. The standard InChI is InChI=1S/C6H11ClOP/c1-3-4-5-6(2)9(7)8/h3-4,6H,5H2,1-2H3/q+1. The second-order valence-corrected chi connectivity index (χ2v) is 4.35. The molecule has 0 bridgehead atoms. The van der Waals surface area contributed by atoms with E-state index >= 15 is 0 Å². The van der Waals surface area contributed by atoms with Gasteiger partial charge < -0.3 is 0 Å². The van der Waals surface area contributed by atoms with E-state index in [1.54, 1.807) is 0 Å². The van der Waals surface area contributed by atoms with Crippen molar-refractivity contribution in [2.45, 2.75) is 25.9 Å². The molecule has 9 heavy (non-hydrogen) atoms. The van der Waals surface area contributed by atoms with Crippen LogP contribution >= 0.6 is 18.4 Å². The first-order chi connectivity index (χ1) is 4.18. The van der Waals surface area contributed by atoms with Gasteiger partial charge in [-0.15, -0.1) is 0 Å².